The Labute approximate surface area is 179 Å². The van der Waals surface area contributed by atoms with E-state index in [0.29, 0.717) is 12.0 Å². The fourth-order valence-electron chi connectivity index (χ4n) is 4.08. The second-order valence-electron chi connectivity index (χ2n) is 7.93. The number of allylic oxidation sites excluding steroid dienone is 1. The lowest BCUT2D eigenvalue weighted by Gasteiger charge is -2.22. The molecule has 0 bridgehead atoms. The summed E-state index contributed by atoms with van der Waals surface area (Å²) in [5, 5.41) is 3.08. The van der Waals surface area contributed by atoms with Crippen LogP contribution < -0.4 is 5.32 Å². The Hall–Kier alpha value is -2.88. The van der Waals surface area contributed by atoms with E-state index in [9.17, 15) is 9.59 Å². The molecule has 1 N–H and O–H groups in total. The van der Waals surface area contributed by atoms with Crippen molar-refractivity contribution in [2.45, 2.75) is 51.0 Å². The van der Waals surface area contributed by atoms with Gasteiger partial charge >= 0.3 is 5.97 Å². The summed E-state index contributed by atoms with van der Waals surface area (Å²) in [6.07, 6.45) is 9.35. The first-order valence-corrected chi connectivity index (χ1v) is 10.8. The second kappa shape index (κ2) is 10.8. The van der Waals surface area contributed by atoms with Crippen molar-refractivity contribution >= 4 is 11.9 Å². The van der Waals surface area contributed by atoms with E-state index in [2.05, 4.69) is 12.2 Å². The number of ether oxygens (including phenoxy) is 1. The Bertz CT molecular complexity index is 858. The topological polar surface area (TPSA) is 55.4 Å². The Morgan fingerprint density at radius 3 is 2.43 bits per heavy atom. The van der Waals surface area contributed by atoms with E-state index in [0.717, 1.165) is 12.0 Å². The zero-order valence-corrected chi connectivity index (χ0v) is 17.8. The molecular formula is C26H31NO3. The number of hydrogen-bond donors (Lipinski definition) is 1. The van der Waals surface area contributed by atoms with E-state index in [1.165, 1.54) is 31.9 Å². The van der Waals surface area contributed by atoms with Crippen LogP contribution in [0.15, 0.2) is 66.7 Å². The molecule has 158 valence electrons. The molecule has 0 aromatic heterocycles. The van der Waals surface area contributed by atoms with Gasteiger partial charge in [-0.25, -0.2) is 0 Å². The Balaban J connectivity index is 1.59. The molecule has 2 aromatic carbocycles. The molecule has 0 saturated carbocycles. The monoisotopic (exact) mass is 405 g/mol. The molecule has 0 spiro atoms. The fraction of sp³-hybridized carbons (Fsp3) is 0.385. The van der Waals surface area contributed by atoms with E-state index in [4.69, 9.17) is 4.74 Å². The summed E-state index contributed by atoms with van der Waals surface area (Å²) < 4.78 is 5.05. The van der Waals surface area contributed by atoms with Gasteiger partial charge in [-0.1, -0.05) is 74.4 Å². The highest BCUT2D eigenvalue weighted by Crippen LogP contribution is 2.34. The van der Waals surface area contributed by atoms with E-state index < -0.39 is 0 Å². The summed E-state index contributed by atoms with van der Waals surface area (Å²) in [4.78, 5) is 25.1. The van der Waals surface area contributed by atoms with Crippen molar-refractivity contribution in [3.63, 3.8) is 0 Å². The average Bonchev–Trinajstić information content (AvgIpc) is 3.23. The maximum Gasteiger partial charge on any atom is 0.313 e. The van der Waals surface area contributed by atoms with Gasteiger partial charge in [0, 0.05) is 11.6 Å². The van der Waals surface area contributed by atoms with Crippen LogP contribution in [0.1, 0.15) is 60.0 Å². The summed E-state index contributed by atoms with van der Waals surface area (Å²) in [6, 6.07) is 17.5. The molecule has 0 radical (unpaired) electrons. The third kappa shape index (κ3) is 5.59. The van der Waals surface area contributed by atoms with Crippen molar-refractivity contribution in [2.75, 3.05) is 7.11 Å². The van der Waals surface area contributed by atoms with Crippen LogP contribution >= 0.6 is 0 Å². The zero-order valence-electron chi connectivity index (χ0n) is 17.8. The SMILES string of the molecule is CCCCCc1ccc(C(=O)N[C@@H]2C=C[C@@H]([C@@H](C(=O)OC)c3ccccc3)C2)cc1. The van der Waals surface area contributed by atoms with Gasteiger partial charge in [-0.05, 0) is 48.4 Å². The van der Waals surface area contributed by atoms with E-state index in [-0.39, 0.29) is 29.8 Å². The number of aryl methyl sites for hydroxylation is 1. The molecule has 0 fully saturated rings. The highest BCUT2D eigenvalue weighted by molar-refractivity contribution is 5.94. The van der Waals surface area contributed by atoms with Gasteiger partial charge in [-0.3, -0.25) is 9.59 Å². The zero-order chi connectivity index (χ0) is 21.3. The number of rotatable bonds is 9. The molecule has 0 unspecified atom stereocenters. The summed E-state index contributed by atoms with van der Waals surface area (Å²) in [7, 11) is 1.42. The quantitative estimate of drug-likeness (QED) is 0.361. The summed E-state index contributed by atoms with van der Waals surface area (Å²) in [5.74, 6) is -0.705. The van der Waals surface area contributed by atoms with Crippen molar-refractivity contribution < 1.29 is 14.3 Å². The van der Waals surface area contributed by atoms with Gasteiger partial charge < -0.3 is 10.1 Å². The van der Waals surface area contributed by atoms with Crippen molar-refractivity contribution in [2.24, 2.45) is 5.92 Å². The molecule has 2 aromatic rings. The normalized spacial score (nSPS) is 18.7. The number of esters is 1. The largest absolute Gasteiger partial charge is 0.469 e. The smallest absolute Gasteiger partial charge is 0.313 e. The molecule has 3 atom stereocenters. The third-order valence-corrected chi connectivity index (χ3v) is 5.76. The first kappa shape index (κ1) is 21.8. The molecular weight excluding hydrogens is 374 g/mol. The van der Waals surface area contributed by atoms with Crippen molar-refractivity contribution in [1.82, 2.24) is 5.32 Å². The van der Waals surface area contributed by atoms with Gasteiger partial charge in [0.25, 0.3) is 5.91 Å². The first-order chi connectivity index (χ1) is 14.6. The molecule has 30 heavy (non-hydrogen) atoms. The van der Waals surface area contributed by atoms with E-state index in [1.54, 1.807) is 0 Å². The van der Waals surface area contributed by atoms with Gasteiger partial charge in [0.1, 0.15) is 0 Å². The molecule has 4 nitrogen and oxygen atoms in total. The molecule has 1 aliphatic rings. The van der Waals surface area contributed by atoms with Crippen LogP contribution in [-0.2, 0) is 16.0 Å². The van der Waals surface area contributed by atoms with Crippen LogP contribution in [-0.4, -0.2) is 25.0 Å². The average molecular weight is 406 g/mol. The van der Waals surface area contributed by atoms with Gasteiger partial charge in [-0.2, -0.15) is 0 Å². The maximum absolute atomic E-state index is 12.7. The van der Waals surface area contributed by atoms with Crippen LogP contribution in [0.4, 0.5) is 0 Å². The minimum absolute atomic E-state index is 0.00825. The van der Waals surface area contributed by atoms with Crippen LogP contribution in [0.25, 0.3) is 0 Å². The Morgan fingerprint density at radius 1 is 1.03 bits per heavy atom. The lowest BCUT2D eigenvalue weighted by Crippen LogP contribution is -2.33. The van der Waals surface area contributed by atoms with E-state index >= 15 is 0 Å². The number of carbonyl (C=O) groups is 2. The van der Waals surface area contributed by atoms with Gasteiger partial charge in [0.05, 0.1) is 13.0 Å². The molecule has 0 heterocycles. The fourth-order valence-corrected chi connectivity index (χ4v) is 4.08. The van der Waals surface area contributed by atoms with Crippen LogP contribution in [0.3, 0.4) is 0 Å². The molecule has 1 aliphatic carbocycles. The summed E-state index contributed by atoms with van der Waals surface area (Å²) >= 11 is 0. The van der Waals surface area contributed by atoms with Crippen LogP contribution in [0.2, 0.25) is 0 Å². The van der Waals surface area contributed by atoms with Crippen molar-refractivity contribution in [3.05, 3.63) is 83.4 Å². The van der Waals surface area contributed by atoms with Gasteiger partial charge in [0.15, 0.2) is 0 Å². The van der Waals surface area contributed by atoms with Crippen LogP contribution in [0, 0.1) is 5.92 Å². The number of carbonyl (C=O) groups excluding carboxylic acids is 2. The number of hydrogen-bond acceptors (Lipinski definition) is 3. The predicted molar refractivity (Wildman–Crippen MR) is 119 cm³/mol. The molecule has 4 heteroatoms. The number of methoxy groups -OCH3 is 1. The first-order valence-electron chi connectivity index (χ1n) is 10.8. The third-order valence-electron chi connectivity index (χ3n) is 5.76. The highest BCUT2D eigenvalue weighted by atomic mass is 16.5. The van der Waals surface area contributed by atoms with Gasteiger partial charge in [-0.15, -0.1) is 0 Å². The highest BCUT2D eigenvalue weighted by Gasteiger charge is 2.33. The van der Waals surface area contributed by atoms with Crippen LogP contribution in [0.5, 0.6) is 0 Å². The lowest BCUT2D eigenvalue weighted by molar-refractivity contribution is -0.143. The number of nitrogens with one attached hydrogen (secondary N) is 1. The molecule has 0 aliphatic heterocycles. The minimum atomic E-state index is -0.364. The molecule has 3 rings (SSSR count). The van der Waals surface area contributed by atoms with Gasteiger partial charge in [0.2, 0.25) is 0 Å². The number of benzene rings is 2. The lowest BCUT2D eigenvalue weighted by atomic mass is 9.85. The summed E-state index contributed by atoms with van der Waals surface area (Å²) in [5.41, 5.74) is 2.87. The Kier molecular flexibility index (Phi) is 7.83. The standard InChI is InChI=1S/C26H31NO3/c1-3-4-6-9-19-12-14-21(15-13-19)25(28)27-23-17-16-22(18-23)24(26(29)30-2)20-10-7-5-8-11-20/h5,7-8,10-17,22-24H,3-4,6,9,18H2,1-2H3,(H,27,28)/t22-,23-,24+/m1/s1. The predicted octanol–water partition coefficient (Wildman–Crippen LogP) is 5.05. The second-order valence-corrected chi connectivity index (χ2v) is 7.93. The van der Waals surface area contributed by atoms with E-state index in [1.807, 2.05) is 66.7 Å². The van der Waals surface area contributed by atoms with Crippen molar-refractivity contribution in [3.8, 4) is 0 Å². The van der Waals surface area contributed by atoms with Crippen molar-refractivity contribution in [1.29, 1.82) is 0 Å². The summed E-state index contributed by atoms with van der Waals surface area (Å²) in [6.45, 7) is 2.20. The number of amides is 1. The Morgan fingerprint density at radius 2 is 1.77 bits per heavy atom. The number of unbranched alkanes of at least 4 members (excludes halogenated alkanes) is 2. The minimum Gasteiger partial charge on any atom is -0.469 e. The maximum atomic E-state index is 12.7. The molecule has 0 saturated heterocycles. The molecule has 1 amide bonds.